The maximum Gasteiger partial charge on any atom is 0.302 e. The number of carbonyl (C=O) groups excluding carboxylic acids is 1. The molecule has 0 aliphatic heterocycles. The van der Waals surface area contributed by atoms with Gasteiger partial charge in [-0.25, -0.2) is 4.98 Å². The molecule has 0 bridgehead atoms. The third-order valence-electron chi connectivity index (χ3n) is 4.26. The van der Waals surface area contributed by atoms with Gasteiger partial charge in [0.05, 0.1) is 16.4 Å². The molecule has 4 rings (SSSR count). The fourth-order valence-electron chi connectivity index (χ4n) is 2.74. The zero-order chi connectivity index (χ0) is 20.7. The first-order chi connectivity index (χ1) is 13.8. The highest BCUT2D eigenvalue weighted by Crippen LogP contribution is 2.36. The summed E-state index contributed by atoms with van der Waals surface area (Å²) in [7, 11) is 0. The Morgan fingerprint density at radius 1 is 1.28 bits per heavy atom. The van der Waals surface area contributed by atoms with E-state index >= 15 is 0 Å². The molecule has 0 spiro atoms. The van der Waals surface area contributed by atoms with Crippen LogP contribution in [0.5, 0.6) is 0 Å². The van der Waals surface area contributed by atoms with E-state index in [0.29, 0.717) is 36.5 Å². The van der Waals surface area contributed by atoms with Crippen molar-refractivity contribution in [3.63, 3.8) is 0 Å². The monoisotopic (exact) mass is 448 g/mol. The molecule has 0 radical (unpaired) electrons. The number of fused-ring (bicyclic) bond motifs is 1. The Balaban J connectivity index is 1.67. The molecule has 148 valence electrons. The Hall–Kier alpha value is -2.68. The van der Waals surface area contributed by atoms with Crippen LogP contribution in [0.15, 0.2) is 41.1 Å². The number of nitrogen functional groups attached to an aromatic ring is 1. The number of hydrogen-bond acceptors (Lipinski definition) is 6. The van der Waals surface area contributed by atoms with Crippen molar-refractivity contribution in [1.82, 2.24) is 10.3 Å². The molecule has 29 heavy (non-hydrogen) atoms. The number of aromatic nitrogens is 3. The number of amides is 1. The quantitative estimate of drug-likeness (QED) is 0.429. The van der Waals surface area contributed by atoms with Crippen LogP contribution in [0.25, 0.3) is 21.5 Å². The van der Waals surface area contributed by atoms with E-state index in [0.717, 1.165) is 5.56 Å². The molecule has 4 aromatic rings. The van der Waals surface area contributed by atoms with Crippen molar-refractivity contribution in [1.29, 1.82) is 0 Å². The number of nitrogens with two attached hydrogens (primary N) is 1. The maximum absolute atomic E-state index is 12.7. The van der Waals surface area contributed by atoms with Gasteiger partial charge in [-0.15, -0.1) is 11.3 Å². The number of nitrogens with one attached hydrogen (secondary N) is 1. The number of halogens is 2. The third kappa shape index (κ3) is 3.78. The molecule has 3 heterocycles. The van der Waals surface area contributed by atoms with Crippen LogP contribution in [0.3, 0.4) is 0 Å². The summed E-state index contributed by atoms with van der Waals surface area (Å²) in [5.74, 6) is -0.147. The van der Waals surface area contributed by atoms with Crippen LogP contribution in [-0.2, 0) is 0 Å². The predicted octanol–water partition coefficient (Wildman–Crippen LogP) is 4.96. The summed E-state index contributed by atoms with van der Waals surface area (Å²) >= 11 is 13.5. The van der Waals surface area contributed by atoms with Crippen molar-refractivity contribution in [3.05, 3.63) is 51.5 Å². The lowest BCUT2D eigenvalue weighted by molar-refractivity contribution is -0.779. The Labute approximate surface area is 180 Å². The second kappa shape index (κ2) is 7.62. The van der Waals surface area contributed by atoms with Crippen molar-refractivity contribution < 1.29 is 14.0 Å². The van der Waals surface area contributed by atoms with Crippen molar-refractivity contribution >= 4 is 62.2 Å². The van der Waals surface area contributed by atoms with E-state index in [2.05, 4.69) is 15.6 Å². The third-order valence-corrected chi connectivity index (χ3v) is 5.92. The van der Waals surface area contributed by atoms with Crippen LogP contribution in [0, 0.1) is 0 Å². The lowest BCUT2D eigenvalue weighted by atomic mass is 10.1. The van der Waals surface area contributed by atoms with Gasteiger partial charge in [0.15, 0.2) is 6.04 Å². The molecule has 3 aromatic heterocycles. The molecule has 3 N–H and O–H groups in total. The number of pyridine rings is 1. The van der Waals surface area contributed by atoms with Crippen molar-refractivity contribution in [2.24, 2.45) is 0 Å². The summed E-state index contributed by atoms with van der Waals surface area (Å²) in [5.41, 5.74) is 7.97. The average Bonchev–Trinajstić information content (AvgIpc) is 3.26. The molecule has 0 saturated carbocycles. The number of thiophene rings is 1. The molecule has 0 fully saturated rings. The molecule has 0 aliphatic carbocycles. The Bertz CT molecular complexity index is 1230. The molecule has 1 aromatic carbocycles. The SMILES string of the molecule is CC(C)[n+]1cc(NC(=O)c2sc3nc(-c4ccc(Cl)cc4Cl)ccc3c2N)on1. The molecule has 10 heteroatoms. The van der Waals surface area contributed by atoms with E-state index in [1.807, 2.05) is 26.0 Å². The number of benzene rings is 1. The normalized spacial score (nSPS) is 11.3. The number of carbonyl (C=O) groups is 1. The van der Waals surface area contributed by atoms with Gasteiger partial charge < -0.3 is 5.73 Å². The number of nitrogens with zero attached hydrogens (tertiary/aromatic N) is 3. The summed E-state index contributed by atoms with van der Waals surface area (Å²) < 4.78 is 6.74. The van der Waals surface area contributed by atoms with Gasteiger partial charge in [0.1, 0.15) is 9.71 Å². The first kappa shape index (κ1) is 19.6. The highest BCUT2D eigenvalue weighted by Gasteiger charge is 2.22. The summed E-state index contributed by atoms with van der Waals surface area (Å²) in [6, 6.07) is 8.96. The summed E-state index contributed by atoms with van der Waals surface area (Å²) in [6.07, 6.45) is 1.62. The molecular formula is C19H16Cl2N5O2S+. The first-order valence-electron chi connectivity index (χ1n) is 8.67. The van der Waals surface area contributed by atoms with E-state index in [1.54, 1.807) is 29.1 Å². The first-order valence-corrected chi connectivity index (χ1v) is 10.2. The van der Waals surface area contributed by atoms with Crippen LogP contribution in [-0.4, -0.2) is 16.2 Å². The minimum absolute atomic E-state index is 0.112. The topological polar surface area (TPSA) is 97.9 Å². The van der Waals surface area contributed by atoms with Crippen molar-refractivity contribution in [2.45, 2.75) is 19.9 Å². The molecule has 0 saturated heterocycles. The molecule has 0 atom stereocenters. The van der Waals surface area contributed by atoms with Gasteiger partial charge in [-0.3, -0.25) is 14.6 Å². The fraction of sp³-hybridized carbons (Fsp3) is 0.158. The lowest BCUT2D eigenvalue weighted by Crippen LogP contribution is -2.36. The Morgan fingerprint density at radius 3 is 2.76 bits per heavy atom. The maximum atomic E-state index is 12.7. The minimum atomic E-state index is -0.386. The van der Waals surface area contributed by atoms with E-state index in [1.165, 1.54) is 11.3 Å². The van der Waals surface area contributed by atoms with Crippen molar-refractivity contribution in [3.8, 4) is 11.3 Å². The van der Waals surface area contributed by atoms with E-state index in [4.69, 9.17) is 33.5 Å². The lowest BCUT2D eigenvalue weighted by Gasteiger charge is -2.04. The van der Waals surface area contributed by atoms with Gasteiger partial charge >= 0.3 is 5.88 Å². The minimum Gasteiger partial charge on any atom is -0.397 e. The molecule has 1 amide bonds. The van der Waals surface area contributed by atoms with Crippen molar-refractivity contribution in [2.75, 3.05) is 11.1 Å². The van der Waals surface area contributed by atoms with Crippen LogP contribution in [0.2, 0.25) is 10.0 Å². The van der Waals surface area contributed by atoms with Crippen LogP contribution < -0.4 is 15.7 Å². The smallest absolute Gasteiger partial charge is 0.302 e. The Morgan fingerprint density at radius 2 is 2.07 bits per heavy atom. The standard InChI is InChI=1S/C19H15Cl2N5O2S/c1-9(2)26-8-15(28-25-26)24-18(27)17-16(22)12-5-6-14(23-19(12)29-17)11-4-3-10(20)7-13(11)21/h3-9H,1-2H3,(H2-,22,24,25,27)/p+1. The summed E-state index contributed by atoms with van der Waals surface area (Å²) in [6.45, 7) is 3.91. The van der Waals surface area contributed by atoms with Gasteiger partial charge in [0.2, 0.25) is 5.27 Å². The number of rotatable bonds is 4. The van der Waals surface area contributed by atoms with Crippen LogP contribution in [0.1, 0.15) is 29.6 Å². The predicted molar refractivity (Wildman–Crippen MR) is 115 cm³/mol. The average molecular weight is 449 g/mol. The molecule has 0 unspecified atom stereocenters. The fourth-order valence-corrected chi connectivity index (χ4v) is 4.23. The number of hydrogen-bond donors (Lipinski definition) is 2. The largest absolute Gasteiger partial charge is 0.397 e. The number of anilines is 2. The van der Waals surface area contributed by atoms with E-state index < -0.39 is 0 Å². The second-order valence-corrected chi connectivity index (χ2v) is 8.46. The van der Waals surface area contributed by atoms with Crippen LogP contribution >= 0.6 is 34.5 Å². The zero-order valence-corrected chi connectivity index (χ0v) is 17.8. The zero-order valence-electron chi connectivity index (χ0n) is 15.4. The van der Waals surface area contributed by atoms with Gasteiger partial charge in [0.25, 0.3) is 12.1 Å². The van der Waals surface area contributed by atoms with Crippen LogP contribution in [0.4, 0.5) is 11.6 Å². The summed E-state index contributed by atoms with van der Waals surface area (Å²) in [4.78, 5) is 18.3. The van der Waals surface area contributed by atoms with Gasteiger partial charge in [-0.2, -0.15) is 0 Å². The van der Waals surface area contributed by atoms with E-state index in [9.17, 15) is 4.79 Å². The highest BCUT2D eigenvalue weighted by atomic mass is 35.5. The second-order valence-electron chi connectivity index (χ2n) is 6.61. The molecule has 7 nitrogen and oxygen atoms in total. The highest BCUT2D eigenvalue weighted by molar-refractivity contribution is 7.21. The van der Waals surface area contributed by atoms with E-state index in [-0.39, 0.29) is 17.8 Å². The molecule has 0 aliphatic rings. The van der Waals surface area contributed by atoms with Gasteiger partial charge in [0, 0.05) is 16.0 Å². The Kier molecular flexibility index (Phi) is 5.16. The summed E-state index contributed by atoms with van der Waals surface area (Å²) in [5, 5.41) is 8.27. The van der Waals surface area contributed by atoms with Gasteiger partial charge in [-0.1, -0.05) is 23.2 Å². The molecular weight excluding hydrogens is 433 g/mol. The van der Waals surface area contributed by atoms with Gasteiger partial charge in [-0.05, 0) is 48.9 Å².